The molecule has 0 aliphatic carbocycles. The largest absolute Gasteiger partial charge is 0.476 e. The second kappa shape index (κ2) is 11.6. The summed E-state index contributed by atoms with van der Waals surface area (Å²) in [6.07, 6.45) is 4.62. The van der Waals surface area contributed by atoms with Crippen LogP contribution >= 0.6 is 0 Å². The van der Waals surface area contributed by atoms with Crippen molar-refractivity contribution in [3.05, 3.63) is 47.5 Å². The fourth-order valence-electron chi connectivity index (χ4n) is 2.97. The summed E-state index contributed by atoms with van der Waals surface area (Å²) in [6, 6.07) is 11.8. The lowest BCUT2D eigenvalue weighted by atomic mass is 10.0. The molecule has 2 aromatic rings. The number of benzene rings is 1. The van der Waals surface area contributed by atoms with Crippen molar-refractivity contribution in [2.75, 3.05) is 30.8 Å². The first kappa shape index (κ1) is 21.2. The molecule has 7 nitrogen and oxygen atoms in total. The van der Waals surface area contributed by atoms with Gasteiger partial charge in [0.15, 0.2) is 0 Å². The highest BCUT2D eigenvalue weighted by molar-refractivity contribution is 5.89. The van der Waals surface area contributed by atoms with E-state index in [0.717, 1.165) is 42.5 Å². The highest BCUT2D eigenvalue weighted by atomic mass is 16.5. The number of unbranched alkanes of at least 4 members (excludes halogenated alkanes) is 1. The number of rotatable bonds is 13. The molecular formula is C21H29N5O2. The van der Waals surface area contributed by atoms with Gasteiger partial charge in [-0.25, -0.2) is 0 Å². The van der Waals surface area contributed by atoms with Crippen LogP contribution in [-0.2, 0) is 4.79 Å². The van der Waals surface area contributed by atoms with E-state index in [1.54, 1.807) is 7.05 Å². The molecule has 0 saturated heterocycles. The number of pyridine rings is 1. The monoisotopic (exact) mass is 383 g/mol. The normalized spacial score (nSPS) is 11.4. The molecule has 0 spiro atoms. The minimum Gasteiger partial charge on any atom is -0.476 e. The molecule has 0 radical (unpaired) electrons. The molecule has 0 saturated carbocycles. The number of nitrogens with zero attached hydrogens (tertiary/aromatic N) is 1. The molecule has 1 atom stereocenters. The summed E-state index contributed by atoms with van der Waals surface area (Å²) in [5, 5.41) is 16.7. The fourth-order valence-corrected chi connectivity index (χ4v) is 2.97. The summed E-state index contributed by atoms with van der Waals surface area (Å²) < 4.78 is 5.92. The van der Waals surface area contributed by atoms with Crippen molar-refractivity contribution < 1.29 is 9.53 Å². The SMILES string of the molecule is CCNc1c(C=N)cc(NC)nc1OCCCCC(NC=O)c1ccccc1. The Bertz CT molecular complexity index is 752. The Balaban J connectivity index is 1.93. The molecule has 0 aliphatic heterocycles. The van der Waals surface area contributed by atoms with E-state index < -0.39 is 0 Å². The fraction of sp³-hybridized carbons (Fsp3) is 0.381. The number of carbonyl (C=O) groups excluding carboxylic acids is 1. The van der Waals surface area contributed by atoms with Crippen LogP contribution in [0.2, 0.25) is 0 Å². The lowest BCUT2D eigenvalue weighted by molar-refractivity contribution is -0.110. The summed E-state index contributed by atoms with van der Waals surface area (Å²) >= 11 is 0. The maximum atomic E-state index is 10.9. The zero-order valence-corrected chi connectivity index (χ0v) is 16.5. The van der Waals surface area contributed by atoms with Crippen molar-refractivity contribution in [3.63, 3.8) is 0 Å². The Labute approximate surface area is 166 Å². The molecule has 1 aromatic carbocycles. The van der Waals surface area contributed by atoms with Crippen LogP contribution in [0.25, 0.3) is 0 Å². The van der Waals surface area contributed by atoms with E-state index in [0.29, 0.717) is 24.8 Å². The van der Waals surface area contributed by atoms with E-state index >= 15 is 0 Å². The molecular weight excluding hydrogens is 354 g/mol. The van der Waals surface area contributed by atoms with E-state index in [-0.39, 0.29) is 6.04 Å². The van der Waals surface area contributed by atoms with Gasteiger partial charge in [0.1, 0.15) is 11.5 Å². The highest BCUT2D eigenvalue weighted by Crippen LogP contribution is 2.28. The summed E-state index contributed by atoms with van der Waals surface area (Å²) in [4.78, 5) is 15.4. The van der Waals surface area contributed by atoms with Gasteiger partial charge in [-0.15, -0.1) is 0 Å². The van der Waals surface area contributed by atoms with Crippen LogP contribution in [0.15, 0.2) is 36.4 Å². The number of aromatic nitrogens is 1. The van der Waals surface area contributed by atoms with Crippen LogP contribution in [0.4, 0.5) is 11.5 Å². The topological polar surface area (TPSA) is 99.1 Å². The van der Waals surface area contributed by atoms with Crippen LogP contribution in [-0.4, -0.2) is 37.8 Å². The minimum atomic E-state index is 0.00582. The second-order valence-corrected chi connectivity index (χ2v) is 6.29. The van der Waals surface area contributed by atoms with Crippen molar-refractivity contribution in [1.29, 1.82) is 5.41 Å². The van der Waals surface area contributed by atoms with Gasteiger partial charge in [0.05, 0.1) is 12.6 Å². The molecule has 0 aliphatic rings. The number of ether oxygens (including phenoxy) is 1. The van der Waals surface area contributed by atoms with Gasteiger partial charge in [-0.2, -0.15) is 4.98 Å². The predicted octanol–water partition coefficient (Wildman–Crippen LogP) is 3.59. The van der Waals surface area contributed by atoms with Gasteiger partial charge >= 0.3 is 0 Å². The number of nitrogens with one attached hydrogen (secondary N) is 4. The highest BCUT2D eigenvalue weighted by Gasteiger charge is 2.13. The molecule has 0 bridgehead atoms. The Morgan fingerprint density at radius 2 is 2.04 bits per heavy atom. The van der Waals surface area contributed by atoms with Crippen molar-refractivity contribution in [2.24, 2.45) is 0 Å². The molecule has 150 valence electrons. The van der Waals surface area contributed by atoms with Crippen molar-refractivity contribution in [1.82, 2.24) is 10.3 Å². The van der Waals surface area contributed by atoms with Gasteiger partial charge in [0.25, 0.3) is 0 Å². The van der Waals surface area contributed by atoms with Gasteiger partial charge in [0, 0.05) is 25.4 Å². The number of amides is 1. The standard InChI is InChI=1S/C21H29N5O2/c1-3-24-20-17(14-22)13-19(23-2)26-21(20)28-12-8-7-11-18(25-15-27)16-9-5-4-6-10-16/h4-6,9-10,13-15,18,22,24H,3,7-8,11-12H2,1-2H3,(H,23,26)(H,25,27). The van der Waals surface area contributed by atoms with E-state index in [1.165, 1.54) is 6.21 Å². The quantitative estimate of drug-likeness (QED) is 0.241. The lowest BCUT2D eigenvalue weighted by Crippen LogP contribution is -2.19. The first-order chi connectivity index (χ1) is 13.7. The van der Waals surface area contributed by atoms with E-state index in [9.17, 15) is 4.79 Å². The molecule has 1 unspecified atom stereocenters. The molecule has 1 heterocycles. The van der Waals surface area contributed by atoms with Crippen LogP contribution in [0.1, 0.15) is 43.4 Å². The summed E-state index contributed by atoms with van der Waals surface area (Å²) in [5.41, 5.74) is 2.57. The van der Waals surface area contributed by atoms with E-state index in [4.69, 9.17) is 10.1 Å². The molecule has 1 aromatic heterocycles. The lowest BCUT2D eigenvalue weighted by Gasteiger charge is -2.17. The third-order valence-electron chi connectivity index (χ3n) is 4.38. The van der Waals surface area contributed by atoms with Gasteiger partial charge in [-0.3, -0.25) is 4.79 Å². The summed E-state index contributed by atoms with van der Waals surface area (Å²) in [7, 11) is 1.79. The third-order valence-corrected chi connectivity index (χ3v) is 4.38. The van der Waals surface area contributed by atoms with Crippen LogP contribution in [0.3, 0.4) is 0 Å². The zero-order chi connectivity index (χ0) is 20.2. The first-order valence-corrected chi connectivity index (χ1v) is 9.58. The van der Waals surface area contributed by atoms with Crippen LogP contribution in [0.5, 0.6) is 5.88 Å². The van der Waals surface area contributed by atoms with Crippen molar-refractivity contribution in [3.8, 4) is 5.88 Å². The van der Waals surface area contributed by atoms with Gasteiger partial charge < -0.3 is 26.1 Å². The molecule has 0 fully saturated rings. The molecule has 4 N–H and O–H groups in total. The van der Waals surface area contributed by atoms with Gasteiger partial charge in [0.2, 0.25) is 12.3 Å². The predicted molar refractivity (Wildman–Crippen MR) is 114 cm³/mol. The summed E-state index contributed by atoms with van der Waals surface area (Å²) in [5.74, 6) is 1.16. The molecule has 7 heteroatoms. The third kappa shape index (κ3) is 5.97. The minimum absolute atomic E-state index is 0.00582. The van der Waals surface area contributed by atoms with E-state index in [2.05, 4.69) is 20.9 Å². The van der Waals surface area contributed by atoms with Crippen molar-refractivity contribution in [2.45, 2.75) is 32.2 Å². The summed E-state index contributed by atoms with van der Waals surface area (Å²) in [6.45, 7) is 3.22. The average Bonchev–Trinajstić information content (AvgIpc) is 2.74. The van der Waals surface area contributed by atoms with Gasteiger partial charge in [-0.1, -0.05) is 30.3 Å². The molecule has 28 heavy (non-hydrogen) atoms. The Morgan fingerprint density at radius 1 is 1.25 bits per heavy atom. The molecule has 1 amide bonds. The second-order valence-electron chi connectivity index (χ2n) is 6.29. The van der Waals surface area contributed by atoms with Crippen molar-refractivity contribution >= 4 is 24.1 Å². The number of carbonyl (C=O) groups is 1. The first-order valence-electron chi connectivity index (χ1n) is 9.58. The average molecular weight is 383 g/mol. The Kier molecular flexibility index (Phi) is 8.78. The molecule has 2 rings (SSSR count). The maximum Gasteiger partial charge on any atom is 0.240 e. The number of hydrogen-bond donors (Lipinski definition) is 4. The van der Waals surface area contributed by atoms with Crippen LogP contribution < -0.4 is 20.7 Å². The number of anilines is 2. The van der Waals surface area contributed by atoms with Crippen LogP contribution in [0, 0.1) is 5.41 Å². The maximum absolute atomic E-state index is 10.9. The van der Waals surface area contributed by atoms with Gasteiger partial charge in [-0.05, 0) is 37.8 Å². The number of hydrogen-bond acceptors (Lipinski definition) is 6. The van der Waals surface area contributed by atoms with E-state index in [1.807, 2.05) is 43.3 Å². The Morgan fingerprint density at radius 3 is 2.68 bits per heavy atom. The Hall–Kier alpha value is -3.09. The zero-order valence-electron chi connectivity index (χ0n) is 16.5. The smallest absolute Gasteiger partial charge is 0.240 e.